The van der Waals surface area contributed by atoms with Crippen molar-refractivity contribution in [2.75, 3.05) is 7.11 Å². The molecule has 9 nitrogen and oxygen atoms in total. The van der Waals surface area contributed by atoms with E-state index in [0.717, 1.165) is 19.2 Å². The first-order valence-corrected chi connectivity index (χ1v) is 10.7. The summed E-state index contributed by atoms with van der Waals surface area (Å²) in [6, 6.07) is 8.27. The zero-order valence-electron chi connectivity index (χ0n) is 17.1. The van der Waals surface area contributed by atoms with Gasteiger partial charge in [-0.2, -0.15) is 5.10 Å². The van der Waals surface area contributed by atoms with E-state index in [9.17, 15) is 24.8 Å². The van der Waals surface area contributed by atoms with Crippen molar-refractivity contribution in [3.05, 3.63) is 78.6 Å². The predicted molar refractivity (Wildman–Crippen MR) is 126 cm³/mol. The van der Waals surface area contributed by atoms with Crippen LogP contribution in [-0.4, -0.2) is 34.7 Å². The molecule has 0 radical (unpaired) electrons. The number of ether oxygens (including phenoxy) is 1. The molecule has 0 saturated heterocycles. The molecule has 170 valence electrons. The van der Waals surface area contributed by atoms with Gasteiger partial charge in [-0.25, -0.2) is 10.2 Å². The smallest absolute Gasteiger partial charge is 0.344 e. The van der Waals surface area contributed by atoms with Gasteiger partial charge in [0.1, 0.15) is 11.3 Å². The predicted octanol–water partition coefficient (Wildman–Crippen LogP) is 5.28. The summed E-state index contributed by atoms with van der Waals surface area (Å²) in [6.45, 7) is 1.57. The van der Waals surface area contributed by atoms with Crippen LogP contribution in [0.25, 0.3) is 10.4 Å². The summed E-state index contributed by atoms with van der Waals surface area (Å²) < 4.78 is 4.51. The van der Waals surface area contributed by atoms with Gasteiger partial charge in [0, 0.05) is 17.0 Å². The van der Waals surface area contributed by atoms with Crippen molar-refractivity contribution in [3.8, 4) is 16.2 Å². The van der Waals surface area contributed by atoms with Crippen LogP contribution < -0.4 is 5.43 Å². The highest BCUT2D eigenvalue weighted by Gasteiger charge is 2.23. The van der Waals surface area contributed by atoms with Gasteiger partial charge in [-0.15, -0.1) is 11.3 Å². The number of hydrogen-bond donors (Lipinski definition) is 2. The SMILES string of the molecule is COC(=O)c1ccc(C(=O)N/N=C(\C)c2csc(-c3ccc(Cl)c(Cl)c3)c2O)cc1[N+](=O)[O-]. The fourth-order valence-electron chi connectivity index (χ4n) is 2.82. The molecule has 0 fully saturated rings. The molecular weight excluding hydrogens is 493 g/mol. The molecule has 0 saturated carbocycles. The summed E-state index contributed by atoms with van der Waals surface area (Å²) in [5.41, 5.74) is 2.68. The van der Waals surface area contributed by atoms with Crippen molar-refractivity contribution in [3.63, 3.8) is 0 Å². The van der Waals surface area contributed by atoms with Crippen LogP contribution in [0.15, 0.2) is 46.9 Å². The number of nitrogens with one attached hydrogen (secondary N) is 1. The molecule has 3 rings (SSSR count). The molecule has 0 aliphatic heterocycles. The molecule has 3 aromatic rings. The minimum absolute atomic E-state index is 0.0491. The van der Waals surface area contributed by atoms with Crippen LogP contribution in [0, 0.1) is 10.1 Å². The first-order valence-electron chi connectivity index (χ1n) is 9.11. The minimum atomic E-state index is -0.895. The van der Waals surface area contributed by atoms with E-state index in [4.69, 9.17) is 23.2 Å². The van der Waals surface area contributed by atoms with Crippen molar-refractivity contribution >= 4 is 57.8 Å². The van der Waals surface area contributed by atoms with Gasteiger partial charge in [-0.3, -0.25) is 14.9 Å². The third-order valence-electron chi connectivity index (χ3n) is 4.52. The van der Waals surface area contributed by atoms with Crippen molar-refractivity contribution in [1.82, 2.24) is 5.43 Å². The maximum absolute atomic E-state index is 12.4. The van der Waals surface area contributed by atoms with Crippen LogP contribution >= 0.6 is 34.5 Å². The number of carbonyl (C=O) groups excluding carboxylic acids is 2. The average molecular weight is 508 g/mol. The fourth-order valence-corrected chi connectivity index (χ4v) is 4.12. The first-order chi connectivity index (χ1) is 15.6. The lowest BCUT2D eigenvalue weighted by Gasteiger charge is -2.05. The minimum Gasteiger partial charge on any atom is -0.506 e. The standard InChI is InChI=1S/C21H15Cl2N3O6S/c1-10(14-9-33-19(18(14)27)11-4-6-15(22)16(23)7-11)24-25-20(28)12-3-5-13(21(29)32-2)17(8-12)26(30)31/h3-9,27H,1-2H3,(H,25,28)/b24-10+. The van der Waals surface area contributed by atoms with Gasteiger partial charge in [-0.05, 0) is 36.8 Å². The Kier molecular flexibility index (Phi) is 7.32. The number of rotatable bonds is 6. The van der Waals surface area contributed by atoms with Crippen LogP contribution in [0.4, 0.5) is 5.69 Å². The maximum Gasteiger partial charge on any atom is 0.344 e. The lowest BCUT2D eigenvalue weighted by Crippen LogP contribution is -2.20. The number of nitro groups is 1. The van der Waals surface area contributed by atoms with Gasteiger partial charge in [-0.1, -0.05) is 29.3 Å². The van der Waals surface area contributed by atoms with E-state index < -0.39 is 22.5 Å². The quantitative estimate of drug-likeness (QED) is 0.202. The molecular formula is C21H15Cl2N3O6S. The molecule has 12 heteroatoms. The van der Waals surface area contributed by atoms with Crippen molar-refractivity contribution < 1.29 is 24.4 Å². The molecule has 0 unspecified atom stereocenters. The van der Waals surface area contributed by atoms with E-state index in [2.05, 4.69) is 15.3 Å². The molecule has 1 amide bonds. The molecule has 1 aromatic heterocycles. The Bertz CT molecular complexity index is 1310. The summed E-state index contributed by atoms with van der Waals surface area (Å²) >= 11 is 13.2. The van der Waals surface area contributed by atoms with E-state index in [1.807, 2.05) is 0 Å². The van der Waals surface area contributed by atoms with Gasteiger partial charge < -0.3 is 9.84 Å². The maximum atomic E-state index is 12.4. The van der Waals surface area contributed by atoms with Gasteiger partial charge in [0.25, 0.3) is 11.6 Å². The van der Waals surface area contributed by atoms with Crippen LogP contribution in [-0.2, 0) is 4.74 Å². The van der Waals surface area contributed by atoms with Crippen LogP contribution in [0.3, 0.4) is 0 Å². The average Bonchev–Trinajstić information content (AvgIpc) is 3.19. The Morgan fingerprint density at radius 2 is 1.88 bits per heavy atom. The number of nitro benzene ring substituents is 1. The molecule has 2 N–H and O–H groups in total. The lowest BCUT2D eigenvalue weighted by atomic mass is 10.1. The number of aromatic hydroxyl groups is 1. The highest BCUT2D eigenvalue weighted by Crippen LogP contribution is 2.40. The fraction of sp³-hybridized carbons (Fsp3) is 0.0952. The highest BCUT2D eigenvalue weighted by atomic mass is 35.5. The molecule has 2 aromatic carbocycles. The number of nitrogens with zero attached hydrogens (tertiary/aromatic N) is 2. The first kappa shape index (κ1) is 24.2. The topological polar surface area (TPSA) is 131 Å². The third kappa shape index (κ3) is 5.14. The number of esters is 1. The van der Waals surface area contributed by atoms with Crippen molar-refractivity contribution in [1.29, 1.82) is 0 Å². The molecule has 0 spiro atoms. The van der Waals surface area contributed by atoms with Crippen LogP contribution in [0.5, 0.6) is 5.75 Å². The summed E-state index contributed by atoms with van der Waals surface area (Å²) in [7, 11) is 1.09. The number of benzene rings is 2. The number of hydrazone groups is 1. The van der Waals surface area contributed by atoms with Crippen LogP contribution in [0.1, 0.15) is 33.2 Å². The summed E-state index contributed by atoms with van der Waals surface area (Å²) in [5.74, 6) is -1.69. The van der Waals surface area contributed by atoms with Gasteiger partial charge in [0.15, 0.2) is 0 Å². The third-order valence-corrected chi connectivity index (χ3v) is 6.28. The Hall–Kier alpha value is -3.47. The largest absolute Gasteiger partial charge is 0.506 e. The molecule has 1 heterocycles. The van der Waals surface area contributed by atoms with Crippen LogP contribution in [0.2, 0.25) is 10.0 Å². The number of hydrogen-bond acceptors (Lipinski definition) is 8. The second kappa shape index (κ2) is 9.99. The molecule has 0 atom stereocenters. The van der Waals surface area contributed by atoms with Crippen molar-refractivity contribution in [2.45, 2.75) is 6.92 Å². The molecule has 0 aliphatic carbocycles. The lowest BCUT2D eigenvalue weighted by molar-refractivity contribution is -0.385. The molecule has 33 heavy (non-hydrogen) atoms. The molecule has 0 aliphatic rings. The zero-order valence-corrected chi connectivity index (χ0v) is 19.4. The van der Waals surface area contributed by atoms with Crippen molar-refractivity contribution in [2.24, 2.45) is 5.10 Å². The Labute approximate surface area is 201 Å². The van der Waals surface area contributed by atoms with E-state index >= 15 is 0 Å². The second-order valence-electron chi connectivity index (χ2n) is 6.57. The number of amides is 1. The number of methoxy groups -OCH3 is 1. The van der Waals surface area contributed by atoms with Gasteiger partial charge in [0.05, 0.1) is 38.2 Å². The van der Waals surface area contributed by atoms with Gasteiger partial charge >= 0.3 is 5.97 Å². The Morgan fingerprint density at radius 1 is 1.15 bits per heavy atom. The van der Waals surface area contributed by atoms with E-state index in [0.29, 0.717) is 31.8 Å². The second-order valence-corrected chi connectivity index (χ2v) is 8.27. The highest BCUT2D eigenvalue weighted by molar-refractivity contribution is 7.14. The normalized spacial score (nSPS) is 11.2. The Morgan fingerprint density at radius 3 is 2.52 bits per heavy atom. The summed E-state index contributed by atoms with van der Waals surface area (Å²) in [4.78, 5) is 35.1. The molecule has 0 bridgehead atoms. The summed E-state index contributed by atoms with van der Waals surface area (Å²) in [5, 5.41) is 28.2. The number of thiophene rings is 1. The summed E-state index contributed by atoms with van der Waals surface area (Å²) in [6.07, 6.45) is 0. The van der Waals surface area contributed by atoms with E-state index in [-0.39, 0.29) is 16.9 Å². The van der Waals surface area contributed by atoms with E-state index in [1.54, 1.807) is 30.5 Å². The number of halogens is 2. The Balaban J connectivity index is 1.83. The monoisotopic (exact) mass is 507 g/mol. The zero-order chi connectivity index (χ0) is 24.3. The van der Waals surface area contributed by atoms with E-state index in [1.165, 1.54) is 17.4 Å². The van der Waals surface area contributed by atoms with Gasteiger partial charge in [0.2, 0.25) is 0 Å². The number of carbonyl (C=O) groups is 2.